The van der Waals surface area contributed by atoms with Gasteiger partial charge in [-0.2, -0.15) is 20.2 Å². The molecule has 1 aromatic rings. The van der Waals surface area contributed by atoms with E-state index in [1.807, 2.05) is 13.2 Å². The first-order valence-electron chi connectivity index (χ1n) is 9.87. The first-order chi connectivity index (χ1) is 15.6. The summed E-state index contributed by atoms with van der Waals surface area (Å²) in [5.74, 6) is -6.43. The van der Waals surface area contributed by atoms with Crippen LogP contribution in [0.5, 0.6) is 0 Å². The molecular weight excluding hydrogens is 512 g/mol. The fourth-order valence-corrected chi connectivity index (χ4v) is 7.57. The molecule has 34 heavy (non-hydrogen) atoms. The SMILES string of the molecule is CSCC[C@H](N)C(=O)N[C@@]1(C(=O)O)CS(=O)(=O)[C@H]2[C@H](C(=O)O)[C@H]21.Cc1ccc(S(=O)(=O)O)cc1. The second-order valence-corrected chi connectivity index (χ2v) is 12.7. The minimum absolute atomic E-state index is 0.0666. The zero-order valence-corrected chi connectivity index (χ0v) is 20.7. The summed E-state index contributed by atoms with van der Waals surface area (Å²) in [6.45, 7) is 1.84. The Bertz CT molecular complexity index is 1170. The van der Waals surface area contributed by atoms with Gasteiger partial charge in [-0.15, -0.1) is 0 Å². The third-order valence-electron chi connectivity index (χ3n) is 5.67. The highest BCUT2D eigenvalue weighted by atomic mass is 32.2. The van der Waals surface area contributed by atoms with Gasteiger partial charge in [0, 0.05) is 5.92 Å². The molecule has 1 saturated carbocycles. The predicted molar refractivity (Wildman–Crippen MR) is 123 cm³/mol. The largest absolute Gasteiger partial charge is 0.481 e. The number of thioether (sulfide) groups is 1. The average molecular weight is 539 g/mol. The van der Waals surface area contributed by atoms with Crippen molar-refractivity contribution in [2.45, 2.75) is 35.1 Å². The maximum absolute atomic E-state index is 12.1. The van der Waals surface area contributed by atoms with Crippen LogP contribution < -0.4 is 11.1 Å². The number of nitrogens with one attached hydrogen (secondary N) is 1. The molecule has 1 aromatic carbocycles. The molecule has 1 amide bonds. The molecule has 0 unspecified atom stereocenters. The quantitative estimate of drug-likeness (QED) is 0.261. The van der Waals surface area contributed by atoms with E-state index < -0.39 is 72.2 Å². The highest BCUT2D eigenvalue weighted by Gasteiger charge is 2.79. The zero-order valence-electron chi connectivity index (χ0n) is 18.2. The molecule has 2 aliphatic rings. The van der Waals surface area contributed by atoms with Gasteiger partial charge in [0.05, 0.1) is 27.9 Å². The lowest BCUT2D eigenvalue weighted by atomic mass is 9.93. The second kappa shape index (κ2) is 10.2. The van der Waals surface area contributed by atoms with Gasteiger partial charge in [0.15, 0.2) is 15.4 Å². The van der Waals surface area contributed by atoms with E-state index in [0.717, 1.165) is 5.56 Å². The van der Waals surface area contributed by atoms with E-state index in [1.165, 1.54) is 23.9 Å². The minimum atomic E-state index is -4.02. The van der Waals surface area contributed by atoms with Crippen LogP contribution in [0.2, 0.25) is 0 Å². The molecule has 0 spiro atoms. The fraction of sp³-hybridized carbons (Fsp3) is 0.526. The fourth-order valence-electron chi connectivity index (χ4n) is 3.90. The van der Waals surface area contributed by atoms with Crippen molar-refractivity contribution in [3.63, 3.8) is 0 Å². The van der Waals surface area contributed by atoms with Crippen molar-refractivity contribution < 1.29 is 46.0 Å². The molecule has 3 rings (SSSR count). The molecule has 1 aliphatic heterocycles. The first-order valence-corrected chi connectivity index (χ1v) is 14.4. The number of fused-ring (bicyclic) bond motifs is 1. The number of carboxylic acid groups (broad SMARTS) is 2. The number of amides is 1. The summed E-state index contributed by atoms with van der Waals surface area (Å²) in [6.07, 6.45) is 2.12. The summed E-state index contributed by atoms with van der Waals surface area (Å²) in [5, 5.41) is 19.5. The molecule has 2 fully saturated rings. The Morgan fingerprint density at radius 1 is 1.24 bits per heavy atom. The number of hydrogen-bond donors (Lipinski definition) is 5. The molecule has 12 nitrogen and oxygen atoms in total. The van der Waals surface area contributed by atoms with E-state index >= 15 is 0 Å². The molecule has 0 bridgehead atoms. The number of benzene rings is 1. The van der Waals surface area contributed by atoms with Gasteiger partial charge in [-0.1, -0.05) is 17.7 Å². The van der Waals surface area contributed by atoms with Crippen LogP contribution in [0, 0.1) is 18.8 Å². The summed E-state index contributed by atoms with van der Waals surface area (Å²) in [4.78, 5) is 34.9. The van der Waals surface area contributed by atoms with Gasteiger partial charge in [0.25, 0.3) is 10.1 Å². The van der Waals surface area contributed by atoms with Gasteiger partial charge in [-0.3, -0.25) is 14.1 Å². The lowest BCUT2D eigenvalue weighted by molar-refractivity contribution is -0.148. The molecule has 1 heterocycles. The molecule has 0 radical (unpaired) electrons. The van der Waals surface area contributed by atoms with Gasteiger partial charge in [0.2, 0.25) is 5.91 Å². The number of carbonyl (C=O) groups is 3. The number of rotatable bonds is 8. The number of sulfone groups is 1. The lowest BCUT2D eigenvalue weighted by Crippen LogP contribution is -2.61. The summed E-state index contributed by atoms with van der Waals surface area (Å²) in [5.41, 5.74) is 4.51. The summed E-state index contributed by atoms with van der Waals surface area (Å²) in [6, 6.07) is 5.00. The van der Waals surface area contributed by atoms with Crippen molar-refractivity contribution in [3.8, 4) is 0 Å². The molecular formula is C19H26N2O10S3. The van der Waals surface area contributed by atoms with Crippen LogP contribution in [0.15, 0.2) is 29.2 Å². The van der Waals surface area contributed by atoms with Crippen LogP contribution in [0.1, 0.15) is 12.0 Å². The van der Waals surface area contributed by atoms with E-state index in [4.69, 9.17) is 15.4 Å². The Labute approximate surface area is 201 Å². The minimum Gasteiger partial charge on any atom is -0.481 e. The Balaban J connectivity index is 0.000000310. The molecule has 0 aromatic heterocycles. The number of aliphatic carboxylic acids is 2. The summed E-state index contributed by atoms with van der Waals surface area (Å²) < 4.78 is 53.6. The van der Waals surface area contributed by atoms with Gasteiger partial charge in [-0.05, 0) is 37.5 Å². The number of nitrogens with two attached hydrogens (primary N) is 1. The van der Waals surface area contributed by atoms with E-state index in [2.05, 4.69) is 5.32 Å². The number of carboxylic acids is 2. The topological polar surface area (TPSA) is 218 Å². The zero-order chi connectivity index (χ0) is 26.1. The van der Waals surface area contributed by atoms with E-state index in [0.29, 0.717) is 12.2 Å². The van der Waals surface area contributed by atoms with Crippen LogP contribution >= 0.6 is 11.8 Å². The standard InChI is InChI=1S/C12H18N2O7S2.C7H8O3S/c1-22-3-2-5(13)9(15)14-12(11(18)19)4-23(20,21)8-6(7(8)12)10(16)17;1-6-2-4-7(5-3-6)11(8,9)10/h5-8H,2-4,13H2,1H3,(H,14,15)(H,16,17)(H,18,19);2-5H,1H3,(H,8,9,10)/t5-,6+,7+,8-,12-;/m0./s1. The molecule has 15 heteroatoms. The van der Waals surface area contributed by atoms with Crippen LogP contribution in [0.4, 0.5) is 0 Å². The van der Waals surface area contributed by atoms with Gasteiger partial charge in [-0.25, -0.2) is 13.2 Å². The van der Waals surface area contributed by atoms with Crippen molar-refractivity contribution in [1.29, 1.82) is 0 Å². The molecule has 190 valence electrons. The number of hydrogen-bond acceptors (Lipinski definition) is 9. The van der Waals surface area contributed by atoms with Crippen molar-refractivity contribution in [2.24, 2.45) is 17.6 Å². The normalized spacial score (nSPS) is 27.5. The van der Waals surface area contributed by atoms with Crippen LogP contribution in [-0.2, 0) is 34.3 Å². The highest BCUT2D eigenvalue weighted by Crippen LogP contribution is 2.57. The lowest BCUT2D eigenvalue weighted by Gasteiger charge is -2.28. The van der Waals surface area contributed by atoms with Gasteiger partial charge in [0.1, 0.15) is 0 Å². The number of carbonyl (C=O) groups excluding carboxylic acids is 1. The highest BCUT2D eigenvalue weighted by molar-refractivity contribution is 7.98. The third kappa shape index (κ3) is 5.89. The number of aryl methyl sites for hydroxylation is 1. The van der Waals surface area contributed by atoms with Crippen LogP contribution in [0.3, 0.4) is 0 Å². The van der Waals surface area contributed by atoms with Gasteiger partial charge < -0.3 is 21.3 Å². The third-order valence-corrected chi connectivity index (χ3v) is 9.45. The summed E-state index contributed by atoms with van der Waals surface area (Å²) in [7, 11) is -7.93. The van der Waals surface area contributed by atoms with Crippen molar-refractivity contribution in [3.05, 3.63) is 29.8 Å². The predicted octanol–water partition coefficient (Wildman–Crippen LogP) is -0.624. The van der Waals surface area contributed by atoms with Crippen molar-refractivity contribution in [1.82, 2.24) is 5.32 Å². The van der Waals surface area contributed by atoms with Crippen molar-refractivity contribution >= 4 is 49.6 Å². The molecule has 6 N–H and O–H groups in total. The van der Waals surface area contributed by atoms with Gasteiger partial charge >= 0.3 is 11.9 Å². The second-order valence-electron chi connectivity index (χ2n) is 8.10. The van der Waals surface area contributed by atoms with E-state index in [-0.39, 0.29) is 4.90 Å². The van der Waals surface area contributed by atoms with Crippen LogP contribution in [0.25, 0.3) is 0 Å². The first kappa shape index (κ1) is 28.0. The average Bonchev–Trinajstić information content (AvgIpc) is 3.44. The Kier molecular flexibility index (Phi) is 8.41. The molecule has 1 saturated heterocycles. The Morgan fingerprint density at radius 3 is 2.21 bits per heavy atom. The maximum atomic E-state index is 12.1. The van der Waals surface area contributed by atoms with Crippen molar-refractivity contribution in [2.75, 3.05) is 17.8 Å². The summed E-state index contributed by atoms with van der Waals surface area (Å²) >= 11 is 1.46. The van der Waals surface area contributed by atoms with Crippen LogP contribution in [-0.4, -0.2) is 84.0 Å². The molecule has 5 atom stereocenters. The monoisotopic (exact) mass is 538 g/mol. The van der Waals surface area contributed by atoms with E-state index in [1.54, 1.807) is 12.1 Å². The molecule has 1 aliphatic carbocycles. The Hall–Kier alpha value is -2.20. The van der Waals surface area contributed by atoms with E-state index in [9.17, 15) is 36.3 Å². The smallest absolute Gasteiger partial charge is 0.330 e. The maximum Gasteiger partial charge on any atom is 0.330 e. The Morgan fingerprint density at radius 2 is 1.79 bits per heavy atom.